The number of nitrogens with zero attached hydrogens (tertiary/aromatic N) is 7. The molecule has 0 fully saturated rings. The number of amides is 12. The van der Waals surface area contributed by atoms with Crippen LogP contribution in [0.3, 0.4) is 0 Å². The predicted molar refractivity (Wildman–Crippen MR) is 460 cm³/mol. The first-order chi connectivity index (χ1) is 61.4. The van der Waals surface area contributed by atoms with Gasteiger partial charge in [0.05, 0.1) is 50.8 Å². The molecule has 6 rings (SSSR count). The molecule has 43 heteroatoms. The molecule has 4 aromatic carbocycles. The number of tetrazole rings is 1. The van der Waals surface area contributed by atoms with Crippen molar-refractivity contribution in [3.8, 4) is 16.9 Å². The Labute approximate surface area is 742 Å². The van der Waals surface area contributed by atoms with Gasteiger partial charge in [-0.1, -0.05) is 97.0 Å². The SMILES string of the molecule is CCC(=O)CCC(=O)NCC(=O)CCC(=O)NCc1ccc(CCC[C@H](NC(=O)[C@H](Cc2ccc(-c3ccc(OCCCCN=[N+]=[N-])cc3CC)cc2)NC(=O)[C@H](CC(=O)O)NC(=O)[C@H](CO)NC(=O)[C@@H](NC(=O)[C@@](C)(Cc2ccccc2F)NC(=O)[C@@H](NC(=O)CCC(=O)[C@H](Cc2nn[nH]n2)NC(=O)C(C)(C)C(=O)NCCc2cnc[nH]2)[C@@H](C)O)[C@@H](C)O)C(N)=O)cc1. The number of unbranched alkanes of at least 4 members (excludes halogenated alkanes) is 1. The van der Waals surface area contributed by atoms with E-state index in [1.807, 2.05) is 19.1 Å². The number of aliphatic carboxylic acids is 1. The number of aliphatic hydroxyl groups excluding tert-OH is 3. The van der Waals surface area contributed by atoms with Crippen molar-refractivity contribution < 1.29 is 106 Å². The van der Waals surface area contributed by atoms with Crippen LogP contribution in [0.5, 0.6) is 5.75 Å². The highest BCUT2D eigenvalue weighted by atomic mass is 19.1. The van der Waals surface area contributed by atoms with Gasteiger partial charge in [-0.15, -0.1) is 10.2 Å². The van der Waals surface area contributed by atoms with Crippen LogP contribution >= 0.6 is 0 Å². The second kappa shape index (κ2) is 52.3. The summed E-state index contributed by atoms with van der Waals surface area (Å²) in [5.41, 5.74) is 15.1. The van der Waals surface area contributed by atoms with Crippen LogP contribution in [-0.4, -0.2) is 238 Å². The number of azide groups is 1. The van der Waals surface area contributed by atoms with Crippen LogP contribution in [0.4, 0.5) is 4.39 Å². The topological polar surface area (TPSA) is 654 Å². The first kappa shape index (κ1) is 104. The van der Waals surface area contributed by atoms with Crippen LogP contribution in [0.2, 0.25) is 0 Å². The fraction of sp³-hybridized carbons (Fsp3) is 0.488. The first-order valence-electron chi connectivity index (χ1n) is 42.0. The minimum Gasteiger partial charge on any atom is -0.494 e. The van der Waals surface area contributed by atoms with E-state index in [4.69, 9.17) is 16.0 Å². The maximum Gasteiger partial charge on any atom is 0.305 e. The number of ketones is 3. The molecule has 0 radical (unpaired) electrons. The minimum atomic E-state index is -2.42. The lowest BCUT2D eigenvalue weighted by atomic mass is 9.89. The number of aryl methyl sites for hydroxylation is 2. The highest BCUT2D eigenvalue weighted by Gasteiger charge is 2.44. The summed E-state index contributed by atoms with van der Waals surface area (Å²) in [4.78, 5) is 226. The molecule has 19 N–H and O–H groups in total. The Morgan fingerprint density at radius 2 is 1.25 bits per heavy atom. The lowest BCUT2D eigenvalue weighted by Gasteiger charge is -2.34. The number of aliphatic hydroxyl groups is 3. The molecule has 10 atom stereocenters. The van der Waals surface area contributed by atoms with Crippen molar-refractivity contribution >= 4 is 94.2 Å². The number of ether oxygens (including phenoxy) is 1. The Morgan fingerprint density at radius 1 is 0.620 bits per heavy atom. The fourth-order valence-corrected chi connectivity index (χ4v) is 13.1. The maximum absolute atomic E-state index is 15.6. The molecular formula is C86H114FN21O21. The lowest BCUT2D eigenvalue weighted by Crippen LogP contribution is -2.66. The summed E-state index contributed by atoms with van der Waals surface area (Å²) in [6.45, 7) is 8.73. The van der Waals surface area contributed by atoms with Gasteiger partial charge in [-0.05, 0) is 136 Å². The van der Waals surface area contributed by atoms with Gasteiger partial charge in [0.25, 0.3) is 0 Å². The lowest BCUT2D eigenvalue weighted by molar-refractivity contribution is -0.143. The van der Waals surface area contributed by atoms with Crippen molar-refractivity contribution in [3.63, 3.8) is 0 Å². The summed E-state index contributed by atoms with van der Waals surface area (Å²) in [5, 5.41) is 86.6. The second-order valence-corrected chi connectivity index (χ2v) is 31.5. The van der Waals surface area contributed by atoms with Crippen LogP contribution in [-0.2, 0) is 122 Å². The van der Waals surface area contributed by atoms with Crippen LogP contribution in [0.25, 0.3) is 21.6 Å². The number of primary amides is 1. The number of carboxylic acids is 1. The number of carboxylic acid groups (broad SMARTS) is 1. The molecule has 129 heavy (non-hydrogen) atoms. The van der Waals surface area contributed by atoms with E-state index in [0.29, 0.717) is 74.2 Å². The molecule has 0 spiro atoms. The van der Waals surface area contributed by atoms with Gasteiger partial charge in [-0.25, -0.2) is 9.37 Å². The molecule has 0 saturated heterocycles. The molecule has 0 unspecified atom stereocenters. The molecular weight excluding hydrogens is 1680 g/mol. The number of aromatic amines is 2. The average molecular weight is 1800 g/mol. The summed E-state index contributed by atoms with van der Waals surface area (Å²) in [5.74, 6) is -15.6. The van der Waals surface area contributed by atoms with Crippen molar-refractivity contribution in [3.05, 3.63) is 159 Å². The number of carbonyl (C=O) groups excluding carboxylic acids is 15. The van der Waals surface area contributed by atoms with E-state index < -0.39 is 186 Å². The smallest absolute Gasteiger partial charge is 0.305 e. The zero-order chi connectivity index (χ0) is 94.9. The van der Waals surface area contributed by atoms with Gasteiger partial charge in [-0.2, -0.15) is 5.21 Å². The van der Waals surface area contributed by atoms with Crippen LogP contribution < -0.4 is 69.0 Å². The van der Waals surface area contributed by atoms with E-state index in [-0.39, 0.29) is 94.0 Å². The molecule has 6 aromatic rings. The van der Waals surface area contributed by atoms with Crippen LogP contribution in [0.15, 0.2) is 109 Å². The second-order valence-electron chi connectivity index (χ2n) is 31.5. The number of carbonyl (C=O) groups is 16. The zero-order valence-electron chi connectivity index (χ0n) is 72.8. The van der Waals surface area contributed by atoms with Crippen molar-refractivity contribution in [1.29, 1.82) is 0 Å². The molecule has 2 aromatic heterocycles. The molecule has 0 aliphatic carbocycles. The van der Waals surface area contributed by atoms with Crippen molar-refractivity contribution in [2.45, 2.75) is 231 Å². The zero-order valence-corrected chi connectivity index (χ0v) is 72.8. The van der Waals surface area contributed by atoms with Gasteiger partial charge in [0.2, 0.25) is 70.9 Å². The first-order valence-corrected chi connectivity index (χ1v) is 42.0. The summed E-state index contributed by atoms with van der Waals surface area (Å²) in [6.07, 6.45) is -1.93. The summed E-state index contributed by atoms with van der Waals surface area (Å²) in [7, 11) is 0. The highest BCUT2D eigenvalue weighted by molar-refractivity contribution is 6.06. The summed E-state index contributed by atoms with van der Waals surface area (Å²) in [6, 6.07) is 11.4. The number of aromatic nitrogens is 6. The van der Waals surface area contributed by atoms with E-state index in [9.17, 15) is 97.1 Å². The molecule has 42 nitrogen and oxygen atoms in total. The molecule has 0 saturated carbocycles. The Kier molecular flexibility index (Phi) is 42.2. The summed E-state index contributed by atoms with van der Waals surface area (Å²) >= 11 is 0. The van der Waals surface area contributed by atoms with Gasteiger partial charge >= 0.3 is 5.97 Å². The van der Waals surface area contributed by atoms with Gasteiger partial charge in [0.15, 0.2) is 17.4 Å². The number of imidazole rings is 1. The third kappa shape index (κ3) is 34.8. The number of benzene rings is 4. The van der Waals surface area contributed by atoms with Crippen LogP contribution in [0, 0.1) is 11.2 Å². The molecule has 0 aliphatic heterocycles. The van der Waals surface area contributed by atoms with E-state index in [2.05, 4.69) is 99.1 Å². The number of Topliss-reactive ketones (excluding diaryl/α,β-unsaturated/α-hetero) is 3. The number of nitrogens with two attached hydrogens (primary N) is 1. The van der Waals surface area contributed by atoms with E-state index >= 15 is 4.39 Å². The van der Waals surface area contributed by atoms with Gasteiger partial charge in [0, 0.05) is 107 Å². The number of hydrogen-bond donors (Lipinski definition) is 18. The standard InChI is InChI=1S/C86H114FN21O21/c1-8-54-40-60(129-38-13-12-36-95-106-89)29-30-61(54)55-25-23-52(24-26-55)39-65(77(121)96-63(76(88)120)18-14-15-51-19-21-53(22-20-51)44-92-70(115)33-28-59(113)46-93-71(116)32-27-58(112)9-2)97-78(122)66(42-73(118)119)98-79(123)67(47-109)99-80(124)74(49(3)110)102-84(128)86(7,43-56-16-10-11-17-62(56)87)103-81(125)75(50(4)111)101-72(117)34-31-68(114)64(41-69-104-107-108-105-69)100-83(127)85(5,6)82(126)91-37-35-57-45-90-48-94-57/h10-11,16-17,19-26,29-30,40,45,48-50,63-67,74-75,109-111H,8-9,12-15,18,27-28,31-39,41-44,46-47H2,1-7H3,(H2,88,120)(H,90,94)(H,91,126)(H,92,115)(H,93,116)(H,96,121)(H,97,122)(H,98,123)(H,99,124)(H,100,127)(H,101,117)(H,102,128)(H,103,125)(H,118,119)(H,104,105,107,108)/t49-,50-,63+,64+,65+,66+,67+,74+,75+,86-/m1/s1. The van der Waals surface area contributed by atoms with Crippen molar-refractivity contribution in [2.75, 3.05) is 32.8 Å². The number of halogens is 1. The van der Waals surface area contributed by atoms with E-state index in [0.717, 1.165) is 49.1 Å². The van der Waals surface area contributed by atoms with Gasteiger partial charge < -0.3 is 94.4 Å². The van der Waals surface area contributed by atoms with E-state index in [1.54, 1.807) is 67.7 Å². The monoisotopic (exact) mass is 1800 g/mol. The maximum atomic E-state index is 15.6. The number of nitrogens with one attached hydrogen (secondary N) is 13. The van der Waals surface area contributed by atoms with Crippen molar-refractivity contribution in [2.24, 2.45) is 16.3 Å². The van der Waals surface area contributed by atoms with Gasteiger partial charge in [0.1, 0.15) is 64.6 Å². The Hall–Kier alpha value is -13.8. The predicted octanol–water partition coefficient (Wildman–Crippen LogP) is 0.369. The van der Waals surface area contributed by atoms with E-state index in [1.165, 1.54) is 38.4 Å². The molecule has 2 heterocycles. The van der Waals surface area contributed by atoms with Crippen molar-refractivity contribution in [1.82, 2.24) is 89.1 Å². The molecule has 696 valence electrons. The molecule has 0 aliphatic rings. The highest BCUT2D eigenvalue weighted by Crippen LogP contribution is 2.30. The molecule has 0 bridgehead atoms. The van der Waals surface area contributed by atoms with Gasteiger partial charge in [-0.3, -0.25) is 76.7 Å². The summed E-state index contributed by atoms with van der Waals surface area (Å²) < 4.78 is 21.6. The normalized spacial score (nSPS) is 13.7. The quantitative estimate of drug-likeness (QED) is 0.00806. The number of hydrogen-bond acceptors (Lipinski definition) is 25. The Bertz CT molecular complexity index is 4890. The minimum absolute atomic E-state index is 0.0402. The molecule has 12 amide bonds. The Balaban J connectivity index is 1.15. The van der Waals surface area contributed by atoms with Crippen LogP contribution in [0.1, 0.15) is 165 Å². The fourth-order valence-electron chi connectivity index (χ4n) is 13.1. The number of H-pyrrole nitrogens is 2. The Morgan fingerprint density at radius 3 is 1.88 bits per heavy atom. The third-order valence-corrected chi connectivity index (χ3v) is 20.9. The largest absolute Gasteiger partial charge is 0.494 e. The third-order valence-electron chi connectivity index (χ3n) is 20.9. The average Bonchev–Trinajstić information content (AvgIpc) is 1.07. The number of rotatable bonds is 58.